The third-order valence-electron chi connectivity index (χ3n) is 4.52. The predicted octanol–water partition coefficient (Wildman–Crippen LogP) is 3.23. The molecule has 0 unspecified atom stereocenters. The van der Waals surface area contributed by atoms with Gasteiger partial charge in [-0.2, -0.15) is 0 Å². The third-order valence-corrected chi connectivity index (χ3v) is 5.29. The van der Waals surface area contributed by atoms with E-state index < -0.39 is 6.04 Å². The van der Waals surface area contributed by atoms with Crippen molar-refractivity contribution < 1.29 is 18.4 Å². The molecule has 4 rings (SSSR count). The van der Waals surface area contributed by atoms with E-state index >= 15 is 0 Å². The van der Waals surface area contributed by atoms with Gasteiger partial charge in [0.25, 0.3) is 5.91 Å². The van der Waals surface area contributed by atoms with E-state index in [2.05, 4.69) is 10.3 Å². The molecule has 1 N–H and O–H groups in total. The number of nitrogens with zero attached hydrogens (tertiary/aromatic N) is 2. The van der Waals surface area contributed by atoms with Crippen LogP contribution in [0.15, 0.2) is 44.7 Å². The maximum absolute atomic E-state index is 12.6. The first-order valence-electron chi connectivity index (χ1n) is 8.75. The fourth-order valence-electron chi connectivity index (χ4n) is 3.20. The largest absolute Gasteiger partial charge is 0.459 e. The summed E-state index contributed by atoms with van der Waals surface area (Å²) in [7, 11) is 0. The Bertz CT molecular complexity index is 944. The normalized spacial score (nSPS) is 16.6. The van der Waals surface area contributed by atoms with E-state index in [0.29, 0.717) is 24.5 Å². The van der Waals surface area contributed by atoms with Crippen LogP contribution in [0.3, 0.4) is 0 Å². The van der Waals surface area contributed by atoms with Crippen LogP contribution >= 0.6 is 11.3 Å². The number of nitrogens with one attached hydrogen (secondary N) is 1. The third kappa shape index (κ3) is 3.66. The lowest BCUT2D eigenvalue weighted by atomic mass is 10.2. The number of hydrogen-bond acceptors (Lipinski definition) is 6. The fraction of sp³-hybridized carbons (Fsp3) is 0.316. The molecule has 140 valence electrons. The lowest BCUT2D eigenvalue weighted by molar-refractivity contribution is -0.125. The number of carbonyl (C=O) groups excluding carboxylic acids is 2. The highest BCUT2D eigenvalue weighted by Crippen LogP contribution is 2.24. The zero-order valence-electron chi connectivity index (χ0n) is 14.8. The summed E-state index contributed by atoms with van der Waals surface area (Å²) in [4.78, 5) is 31.0. The first-order valence-corrected chi connectivity index (χ1v) is 9.63. The standard InChI is InChI=1S/C19H19N3O4S/c1-12-21-14(11-27-12)16-7-6-13(26-16)10-20-18(23)15-4-2-8-22(15)19(24)17-5-3-9-25-17/h3,5-7,9,11,15H,2,4,8,10H2,1H3,(H,20,23)/t15-/m0/s1. The van der Waals surface area contributed by atoms with Crippen LogP contribution in [0.5, 0.6) is 0 Å². The van der Waals surface area contributed by atoms with Crippen molar-refractivity contribution in [1.29, 1.82) is 0 Å². The number of amides is 2. The number of aromatic nitrogens is 1. The number of hydrogen-bond donors (Lipinski definition) is 1. The van der Waals surface area contributed by atoms with E-state index in [-0.39, 0.29) is 24.1 Å². The second-order valence-corrected chi connectivity index (χ2v) is 7.43. The smallest absolute Gasteiger partial charge is 0.290 e. The topological polar surface area (TPSA) is 88.6 Å². The van der Waals surface area contributed by atoms with Crippen LogP contribution in [0, 0.1) is 6.92 Å². The van der Waals surface area contributed by atoms with Crippen molar-refractivity contribution in [2.45, 2.75) is 32.4 Å². The highest BCUT2D eigenvalue weighted by Gasteiger charge is 2.35. The molecule has 27 heavy (non-hydrogen) atoms. The summed E-state index contributed by atoms with van der Waals surface area (Å²) in [6, 6.07) is 6.46. The Balaban J connectivity index is 1.37. The Labute approximate surface area is 160 Å². The molecule has 0 aliphatic carbocycles. The summed E-state index contributed by atoms with van der Waals surface area (Å²) in [5, 5.41) is 5.77. The van der Waals surface area contributed by atoms with Crippen molar-refractivity contribution in [1.82, 2.24) is 15.2 Å². The summed E-state index contributed by atoms with van der Waals surface area (Å²) in [6.07, 6.45) is 2.88. The number of thiazole rings is 1. The molecule has 0 radical (unpaired) electrons. The zero-order valence-corrected chi connectivity index (χ0v) is 15.6. The molecule has 4 heterocycles. The molecule has 3 aromatic rings. The van der Waals surface area contributed by atoms with Crippen LogP contribution in [0.4, 0.5) is 0 Å². The maximum atomic E-state index is 12.6. The van der Waals surface area contributed by atoms with Gasteiger partial charge in [-0.15, -0.1) is 11.3 Å². The quantitative estimate of drug-likeness (QED) is 0.728. The monoisotopic (exact) mass is 385 g/mol. The van der Waals surface area contributed by atoms with Crippen molar-refractivity contribution in [2.75, 3.05) is 6.54 Å². The second kappa shape index (κ2) is 7.40. The number of aryl methyl sites for hydroxylation is 1. The van der Waals surface area contributed by atoms with Crippen molar-refractivity contribution in [3.8, 4) is 11.5 Å². The van der Waals surface area contributed by atoms with E-state index in [0.717, 1.165) is 17.1 Å². The van der Waals surface area contributed by atoms with Gasteiger partial charge in [0.15, 0.2) is 11.5 Å². The van der Waals surface area contributed by atoms with Gasteiger partial charge in [0.1, 0.15) is 17.5 Å². The Morgan fingerprint density at radius 2 is 2.26 bits per heavy atom. The van der Waals surface area contributed by atoms with Crippen molar-refractivity contribution in [2.24, 2.45) is 0 Å². The summed E-state index contributed by atoms with van der Waals surface area (Å²) in [5.74, 6) is 1.14. The van der Waals surface area contributed by atoms with E-state index in [4.69, 9.17) is 8.83 Å². The van der Waals surface area contributed by atoms with E-state index in [1.165, 1.54) is 6.26 Å². The maximum Gasteiger partial charge on any atom is 0.290 e. The van der Waals surface area contributed by atoms with Gasteiger partial charge in [0.2, 0.25) is 5.91 Å². The average molecular weight is 385 g/mol. The van der Waals surface area contributed by atoms with Gasteiger partial charge in [-0.1, -0.05) is 0 Å². The summed E-state index contributed by atoms with van der Waals surface area (Å²) < 4.78 is 10.9. The van der Waals surface area contributed by atoms with Crippen LogP contribution in [-0.2, 0) is 11.3 Å². The molecule has 0 bridgehead atoms. The van der Waals surface area contributed by atoms with Crippen LogP contribution in [0.25, 0.3) is 11.5 Å². The van der Waals surface area contributed by atoms with Gasteiger partial charge >= 0.3 is 0 Å². The number of carbonyl (C=O) groups is 2. The summed E-state index contributed by atoms with van der Waals surface area (Å²) in [6.45, 7) is 2.75. The van der Waals surface area contributed by atoms with Crippen LogP contribution in [0.1, 0.15) is 34.2 Å². The predicted molar refractivity (Wildman–Crippen MR) is 99.2 cm³/mol. The van der Waals surface area contributed by atoms with Crippen LogP contribution in [0.2, 0.25) is 0 Å². The van der Waals surface area contributed by atoms with E-state index in [1.54, 1.807) is 28.4 Å². The Kier molecular flexibility index (Phi) is 4.81. The molecule has 0 saturated carbocycles. The molecule has 1 aliphatic heterocycles. The van der Waals surface area contributed by atoms with Gasteiger partial charge in [-0.3, -0.25) is 9.59 Å². The van der Waals surface area contributed by atoms with Gasteiger partial charge < -0.3 is 19.1 Å². The second-order valence-electron chi connectivity index (χ2n) is 6.37. The SMILES string of the molecule is Cc1nc(-c2ccc(CNC(=O)[C@@H]3CCCN3C(=O)c3ccco3)o2)cs1. The Morgan fingerprint density at radius 3 is 3.00 bits per heavy atom. The van der Waals surface area contributed by atoms with Crippen molar-refractivity contribution in [3.63, 3.8) is 0 Å². The van der Waals surface area contributed by atoms with Crippen molar-refractivity contribution in [3.05, 3.63) is 52.4 Å². The molecule has 1 saturated heterocycles. The number of rotatable bonds is 5. The van der Waals surface area contributed by atoms with E-state index in [9.17, 15) is 9.59 Å². The first kappa shape index (κ1) is 17.5. The highest BCUT2D eigenvalue weighted by molar-refractivity contribution is 7.09. The molecule has 1 atom stereocenters. The summed E-state index contributed by atoms with van der Waals surface area (Å²) in [5.41, 5.74) is 0.793. The molecule has 7 nitrogen and oxygen atoms in total. The minimum atomic E-state index is -0.488. The molecular weight excluding hydrogens is 366 g/mol. The highest BCUT2D eigenvalue weighted by atomic mass is 32.1. The molecule has 0 aromatic carbocycles. The lowest BCUT2D eigenvalue weighted by Crippen LogP contribution is -2.45. The molecule has 3 aromatic heterocycles. The molecule has 1 aliphatic rings. The van der Waals surface area contributed by atoms with Gasteiger partial charge in [0, 0.05) is 11.9 Å². The lowest BCUT2D eigenvalue weighted by Gasteiger charge is -2.22. The van der Waals surface area contributed by atoms with Crippen LogP contribution in [-0.4, -0.2) is 34.3 Å². The van der Waals surface area contributed by atoms with Crippen LogP contribution < -0.4 is 5.32 Å². The van der Waals surface area contributed by atoms with Gasteiger partial charge in [-0.25, -0.2) is 4.98 Å². The average Bonchev–Trinajstić information content (AvgIpc) is 3.46. The Hall–Kier alpha value is -2.87. The minimum Gasteiger partial charge on any atom is -0.459 e. The molecule has 0 spiro atoms. The molecule has 2 amide bonds. The van der Waals surface area contributed by atoms with Crippen molar-refractivity contribution >= 4 is 23.2 Å². The van der Waals surface area contributed by atoms with E-state index in [1.807, 2.05) is 24.4 Å². The molecular formula is C19H19N3O4S. The van der Waals surface area contributed by atoms with Gasteiger partial charge in [0.05, 0.1) is 17.8 Å². The fourth-order valence-corrected chi connectivity index (χ4v) is 3.81. The number of likely N-dealkylation sites (tertiary alicyclic amines) is 1. The molecule has 1 fully saturated rings. The Morgan fingerprint density at radius 1 is 1.37 bits per heavy atom. The summed E-state index contributed by atoms with van der Waals surface area (Å²) >= 11 is 1.56. The number of furan rings is 2. The first-order chi connectivity index (χ1) is 13.1. The van der Waals surface area contributed by atoms with Gasteiger partial charge in [-0.05, 0) is 44.0 Å². The zero-order chi connectivity index (χ0) is 18.8. The molecule has 8 heteroatoms. The minimum absolute atomic E-state index is 0.185.